The summed E-state index contributed by atoms with van der Waals surface area (Å²) in [6.45, 7) is 4.13. The summed E-state index contributed by atoms with van der Waals surface area (Å²) in [5, 5.41) is 9.61. The van der Waals surface area contributed by atoms with Gasteiger partial charge in [-0.1, -0.05) is 22.5 Å². The summed E-state index contributed by atoms with van der Waals surface area (Å²) in [5.74, 6) is -0.638. The minimum Gasteiger partial charge on any atom is -0.382 e. The Kier molecular flexibility index (Phi) is 7.30. The van der Waals surface area contributed by atoms with Crippen molar-refractivity contribution in [3.05, 3.63) is 12.2 Å². The van der Waals surface area contributed by atoms with Gasteiger partial charge in [0.25, 0.3) is 0 Å². The molecule has 0 spiro atoms. The number of hydrogen-bond acceptors (Lipinski definition) is 5. The van der Waals surface area contributed by atoms with Crippen molar-refractivity contribution in [2.24, 2.45) is 0 Å². The number of rotatable bonds is 8. The number of Topliss-reactive ketones (excluding diaryl/α,β-unsaturated/α-hetero) is 1. The zero-order valence-corrected chi connectivity index (χ0v) is 11.2. The van der Waals surface area contributed by atoms with Gasteiger partial charge in [-0.3, -0.25) is 13.8 Å². The molecule has 0 heterocycles. The summed E-state index contributed by atoms with van der Waals surface area (Å²) in [7, 11) is -4.20. The Balaban J connectivity index is 4.09. The number of carbonyl (C=O) groups excluding carboxylic acids is 1. The fourth-order valence-electron chi connectivity index (χ4n) is 0.712. The number of phosphoric acid groups is 1. The predicted octanol–water partition coefficient (Wildman–Crippen LogP) is 1.02. The van der Waals surface area contributed by atoms with Crippen molar-refractivity contribution < 1.29 is 28.4 Å². The molecule has 0 aromatic carbocycles. The molecule has 0 radical (unpaired) electrons. The van der Waals surface area contributed by atoms with Crippen molar-refractivity contribution in [3.8, 4) is 0 Å². The van der Waals surface area contributed by atoms with Crippen LogP contribution in [0, 0.1) is 0 Å². The average molecular weight is 317 g/mol. The molecule has 0 saturated carbocycles. The van der Waals surface area contributed by atoms with Crippen LogP contribution in [0.5, 0.6) is 0 Å². The smallest absolute Gasteiger partial charge is 0.382 e. The van der Waals surface area contributed by atoms with Crippen molar-refractivity contribution in [2.45, 2.75) is 13.0 Å². The molecule has 0 rings (SSSR count). The Morgan fingerprint density at radius 1 is 1.56 bits per heavy atom. The maximum atomic E-state index is 11.1. The van der Waals surface area contributed by atoms with E-state index >= 15 is 0 Å². The number of ketones is 1. The Bertz CT molecular complexity index is 305. The van der Waals surface area contributed by atoms with Gasteiger partial charge in [-0.15, -0.1) is 0 Å². The number of aliphatic hydroxyl groups excluding tert-OH is 1. The number of alkyl halides is 1. The first-order valence-corrected chi connectivity index (χ1v) is 6.97. The van der Waals surface area contributed by atoms with E-state index in [0.717, 1.165) is 0 Å². The van der Waals surface area contributed by atoms with Crippen LogP contribution in [0.25, 0.3) is 0 Å². The Labute approximate surface area is 102 Å². The Morgan fingerprint density at radius 2 is 2.12 bits per heavy atom. The van der Waals surface area contributed by atoms with Gasteiger partial charge in [-0.25, -0.2) is 4.57 Å². The van der Waals surface area contributed by atoms with Crippen LogP contribution in [-0.4, -0.2) is 40.4 Å². The van der Waals surface area contributed by atoms with E-state index in [-0.39, 0.29) is 12.2 Å². The van der Waals surface area contributed by atoms with E-state index in [1.54, 1.807) is 0 Å². The number of carbonyl (C=O) groups is 1. The minimum absolute atomic E-state index is 0.0156. The van der Waals surface area contributed by atoms with E-state index in [2.05, 4.69) is 31.6 Å². The van der Waals surface area contributed by atoms with Crippen LogP contribution in [0.2, 0.25) is 0 Å². The summed E-state index contributed by atoms with van der Waals surface area (Å²) >= 11 is 3.00. The highest BCUT2D eigenvalue weighted by Gasteiger charge is 2.25. The fraction of sp³-hybridized carbons (Fsp3) is 0.625. The second-order valence-corrected chi connectivity index (χ2v) is 5.19. The molecule has 0 aliphatic heterocycles. The highest BCUT2D eigenvalue weighted by molar-refractivity contribution is 9.09. The second-order valence-electron chi connectivity index (χ2n) is 2.95. The van der Waals surface area contributed by atoms with Crippen molar-refractivity contribution in [1.29, 1.82) is 0 Å². The first-order chi connectivity index (χ1) is 7.30. The minimum atomic E-state index is -4.20. The third-order valence-electron chi connectivity index (χ3n) is 1.45. The molecule has 6 nitrogen and oxygen atoms in total. The van der Waals surface area contributed by atoms with Crippen LogP contribution in [0.4, 0.5) is 0 Å². The van der Waals surface area contributed by atoms with E-state index in [1.807, 2.05) is 0 Å². The Morgan fingerprint density at radius 3 is 2.56 bits per heavy atom. The molecule has 0 bridgehead atoms. The van der Waals surface area contributed by atoms with Crippen molar-refractivity contribution in [3.63, 3.8) is 0 Å². The van der Waals surface area contributed by atoms with Gasteiger partial charge < -0.3 is 10.00 Å². The van der Waals surface area contributed by atoms with E-state index in [1.165, 1.54) is 6.92 Å². The quantitative estimate of drug-likeness (QED) is 0.394. The molecule has 2 atom stereocenters. The summed E-state index contributed by atoms with van der Waals surface area (Å²) in [5.41, 5.74) is 0.144. The van der Waals surface area contributed by atoms with E-state index < -0.39 is 26.3 Å². The highest BCUT2D eigenvalue weighted by Crippen LogP contribution is 2.43. The molecule has 0 aromatic rings. The highest BCUT2D eigenvalue weighted by atomic mass is 79.9. The lowest BCUT2D eigenvalue weighted by molar-refractivity contribution is -0.124. The van der Waals surface area contributed by atoms with Crippen LogP contribution < -0.4 is 0 Å². The lowest BCUT2D eigenvalue weighted by Crippen LogP contribution is -2.26. The predicted molar refractivity (Wildman–Crippen MR) is 61.4 cm³/mol. The summed E-state index contributed by atoms with van der Waals surface area (Å²) in [6, 6.07) is 0. The van der Waals surface area contributed by atoms with Gasteiger partial charge in [0.1, 0.15) is 6.10 Å². The van der Waals surface area contributed by atoms with Crippen LogP contribution in [0.3, 0.4) is 0 Å². The molecule has 8 heteroatoms. The van der Waals surface area contributed by atoms with Crippen LogP contribution in [0.15, 0.2) is 12.2 Å². The van der Waals surface area contributed by atoms with Crippen molar-refractivity contribution >= 4 is 29.5 Å². The fourth-order valence-corrected chi connectivity index (χ4v) is 1.85. The van der Waals surface area contributed by atoms with Crippen molar-refractivity contribution in [2.75, 3.05) is 18.5 Å². The van der Waals surface area contributed by atoms with E-state index in [0.29, 0.717) is 5.33 Å². The van der Waals surface area contributed by atoms with Crippen LogP contribution in [0.1, 0.15) is 6.92 Å². The normalized spacial score (nSPS) is 16.5. The standard InChI is InChI=1S/C8H14BrO6P/c1-6(2)8(11)7(10)5-15-16(12,13)14-4-3-9/h7,10H,1,3-5H2,2H3,(H,12,13). The molecule has 94 valence electrons. The number of phosphoric ester groups is 1. The molecular formula is C8H14BrO6P. The second kappa shape index (κ2) is 7.32. The van der Waals surface area contributed by atoms with Gasteiger partial charge in [0.15, 0.2) is 5.78 Å². The monoisotopic (exact) mass is 316 g/mol. The summed E-state index contributed by atoms with van der Waals surface area (Å²) in [6.07, 6.45) is -1.51. The number of halogens is 1. The molecule has 0 aliphatic carbocycles. The third kappa shape index (κ3) is 6.52. The van der Waals surface area contributed by atoms with Gasteiger partial charge in [-0.05, 0) is 12.5 Å². The molecule has 0 fully saturated rings. The first-order valence-electron chi connectivity index (χ1n) is 4.36. The van der Waals surface area contributed by atoms with Gasteiger partial charge in [0.2, 0.25) is 0 Å². The largest absolute Gasteiger partial charge is 0.472 e. The van der Waals surface area contributed by atoms with E-state index in [4.69, 9.17) is 4.89 Å². The molecule has 0 aromatic heterocycles. The molecular weight excluding hydrogens is 303 g/mol. The molecule has 0 amide bonds. The van der Waals surface area contributed by atoms with Gasteiger partial charge in [0, 0.05) is 5.33 Å². The lowest BCUT2D eigenvalue weighted by Gasteiger charge is -2.14. The number of hydrogen-bond donors (Lipinski definition) is 2. The molecule has 2 N–H and O–H groups in total. The average Bonchev–Trinajstić information content (AvgIpc) is 2.22. The number of aliphatic hydroxyl groups is 1. The molecule has 0 aliphatic rings. The maximum absolute atomic E-state index is 11.1. The maximum Gasteiger partial charge on any atom is 0.472 e. The SMILES string of the molecule is C=C(C)C(=O)C(O)COP(=O)(O)OCCBr. The van der Waals surface area contributed by atoms with Crippen LogP contribution in [-0.2, 0) is 18.4 Å². The van der Waals surface area contributed by atoms with E-state index in [9.17, 15) is 14.5 Å². The summed E-state index contributed by atoms with van der Waals surface area (Å²) < 4.78 is 20.0. The zero-order valence-electron chi connectivity index (χ0n) is 8.76. The van der Waals surface area contributed by atoms with Gasteiger partial charge in [0.05, 0.1) is 13.2 Å². The zero-order chi connectivity index (χ0) is 12.8. The third-order valence-corrected chi connectivity index (χ3v) is 2.76. The van der Waals surface area contributed by atoms with Gasteiger partial charge in [-0.2, -0.15) is 0 Å². The molecule has 16 heavy (non-hydrogen) atoms. The lowest BCUT2D eigenvalue weighted by atomic mass is 10.1. The summed E-state index contributed by atoms with van der Waals surface area (Å²) in [4.78, 5) is 20.2. The van der Waals surface area contributed by atoms with Gasteiger partial charge >= 0.3 is 7.82 Å². The molecule has 2 unspecified atom stereocenters. The van der Waals surface area contributed by atoms with Crippen molar-refractivity contribution in [1.82, 2.24) is 0 Å². The first kappa shape index (κ1) is 16.0. The van der Waals surface area contributed by atoms with Crippen LogP contribution >= 0.6 is 23.8 Å². The molecule has 0 saturated heterocycles. The topological polar surface area (TPSA) is 93.1 Å². The Hall–Kier alpha value is -0.0400.